The topological polar surface area (TPSA) is 38.3 Å². The fourth-order valence-corrected chi connectivity index (χ4v) is 1.95. The zero-order chi connectivity index (χ0) is 9.68. The number of hydrogen-bond acceptors (Lipinski definition) is 3. The number of ether oxygens (including phenoxy) is 1. The lowest BCUT2D eigenvalue weighted by atomic mass is 10.0. The Bertz CT molecular complexity index is 169. The van der Waals surface area contributed by atoms with Crippen LogP contribution < -0.4 is 5.32 Å². The summed E-state index contributed by atoms with van der Waals surface area (Å²) in [4.78, 5) is 0. The van der Waals surface area contributed by atoms with Gasteiger partial charge in [-0.15, -0.1) is 0 Å². The lowest BCUT2D eigenvalue weighted by Gasteiger charge is -2.18. The first-order chi connectivity index (χ1) is 6.20. The van der Waals surface area contributed by atoms with Crippen LogP contribution in [0.1, 0.15) is 13.3 Å². The molecule has 3 atom stereocenters. The van der Waals surface area contributed by atoms with Gasteiger partial charge in [0, 0.05) is 42.0 Å². The van der Waals surface area contributed by atoms with Crippen molar-refractivity contribution in [3.05, 3.63) is 0 Å². The van der Waals surface area contributed by atoms with Gasteiger partial charge in [0.2, 0.25) is 0 Å². The summed E-state index contributed by atoms with van der Waals surface area (Å²) in [6.45, 7) is 4.80. The van der Waals surface area contributed by atoms with Crippen LogP contribution in [0.2, 0.25) is 0 Å². The lowest BCUT2D eigenvalue weighted by Crippen LogP contribution is -2.36. The average molecular weight is 205 g/mol. The van der Waals surface area contributed by atoms with Gasteiger partial charge in [-0.2, -0.15) is 0 Å². The second-order valence-corrected chi connectivity index (χ2v) is 5.20. The molecule has 3 unspecified atom stereocenters. The molecule has 0 bridgehead atoms. The molecule has 1 N–H and O–H groups in total. The zero-order valence-corrected chi connectivity index (χ0v) is 9.23. The van der Waals surface area contributed by atoms with Crippen LogP contribution in [0.4, 0.5) is 0 Å². The van der Waals surface area contributed by atoms with Gasteiger partial charge < -0.3 is 10.1 Å². The molecule has 0 saturated carbocycles. The summed E-state index contributed by atoms with van der Waals surface area (Å²) in [5.74, 6) is 1.39. The Morgan fingerprint density at radius 3 is 3.00 bits per heavy atom. The number of nitrogens with one attached hydrogen (secondary N) is 1. The Hall–Kier alpha value is 0.0700. The molecule has 0 spiro atoms. The number of hydrogen-bond donors (Lipinski definition) is 1. The van der Waals surface area contributed by atoms with E-state index in [1.165, 1.54) is 0 Å². The molecular weight excluding hydrogens is 186 g/mol. The molecule has 1 aliphatic heterocycles. The Kier molecular flexibility index (Phi) is 4.91. The summed E-state index contributed by atoms with van der Waals surface area (Å²) in [7, 11) is -0.677. The molecule has 3 nitrogen and oxygen atoms in total. The summed E-state index contributed by atoms with van der Waals surface area (Å²) < 4.78 is 16.1. The van der Waals surface area contributed by atoms with Crippen LogP contribution in [0.15, 0.2) is 0 Å². The molecule has 1 heterocycles. The normalized spacial score (nSPS) is 27.4. The maximum absolute atomic E-state index is 10.8. The highest BCUT2D eigenvalue weighted by atomic mass is 32.2. The summed E-state index contributed by atoms with van der Waals surface area (Å²) in [6, 6.07) is 0.492. The SMILES string of the molecule is CC(NCCS(C)=O)C1CCOC1. The van der Waals surface area contributed by atoms with E-state index in [1.807, 2.05) is 0 Å². The van der Waals surface area contributed by atoms with Crippen LogP contribution in [0.5, 0.6) is 0 Å². The molecule has 1 saturated heterocycles. The molecule has 0 radical (unpaired) electrons. The first-order valence-corrected chi connectivity index (χ1v) is 6.54. The molecule has 0 amide bonds. The second kappa shape index (κ2) is 5.73. The van der Waals surface area contributed by atoms with E-state index in [9.17, 15) is 4.21 Å². The maximum Gasteiger partial charge on any atom is 0.0509 e. The highest BCUT2D eigenvalue weighted by Crippen LogP contribution is 2.15. The van der Waals surface area contributed by atoms with E-state index in [4.69, 9.17) is 4.74 Å². The van der Waals surface area contributed by atoms with Crippen molar-refractivity contribution in [1.82, 2.24) is 5.32 Å². The summed E-state index contributed by atoms with van der Waals surface area (Å²) in [5, 5.41) is 3.38. The third kappa shape index (κ3) is 4.20. The van der Waals surface area contributed by atoms with Gasteiger partial charge in [0.15, 0.2) is 0 Å². The third-order valence-electron chi connectivity index (χ3n) is 2.53. The van der Waals surface area contributed by atoms with E-state index >= 15 is 0 Å². The van der Waals surface area contributed by atoms with Crippen molar-refractivity contribution in [2.45, 2.75) is 19.4 Å². The number of rotatable bonds is 5. The summed E-state index contributed by atoms with van der Waals surface area (Å²) >= 11 is 0. The molecular formula is C9H19NO2S. The molecule has 0 aromatic rings. The fourth-order valence-electron chi connectivity index (χ4n) is 1.54. The zero-order valence-electron chi connectivity index (χ0n) is 8.41. The summed E-state index contributed by atoms with van der Waals surface area (Å²) in [6.07, 6.45) is 2.90. The third-order valence-corrected chi connectivity index (χ3v) is 3.31. The van der Waals surface area contributed by atoms with Crippen LogP contribution in [0, 0.1) is 5.92 Å². The lowest BCUT2D eigenvalue weighted by molar-refractivity contribution is 0.178. The Morgan fingerprint density at radius 2 is 2.46 bits per heavy atom. The average Bonchev–Trinajstić information content (AvgIpc) is 2.55. The van der Waals surface area contributed by atoms with Crippen molar-refractivity contribution >= 4 is 10.8 Å². The van der Waals surface area contributed by atoms with E-state index in [0.717, 1.165) is 31.9 Å². The minimum atomic E-state index is -0.677. The van der Waals surface area contributed by atoms with Gasteiger partial charge in [-0.25, -0.2) is 0 Å². The smallest absolute Gasteiger partial charge is 0.0509 e. The van der Waals surface area contributed by atoms with Gasteiger partial charge in [-0.05, 0) is 19.3 Å². The van der Waals surface area contributed by atoms with Gasteiger partial charge in [0.25, 0.3) is 0 Å². The molecule has 0 aromatic heterocycles. The van der Waals surface area contributed by atoms with Crippen molar-refractivity contribution in [3.8, 4) is 0 Å². The van der Waals surface area contributed by atoms with E-state index in [0.29, 0.717) is 12.0 Å². The van der Waals surface area contributed by atoms with E-state index in [1.54, 1.807) is 6.26 Å². The van der Waals surface area contributed by atoms with Gasteiger partial charge in [-0.3, -0.25) is 4.21 Å². The van der Waals surface area contributed by atoms with Crippen molar-refractivity contribution in [2.75, 3.05) is 31.8 Å². The van der Waals surface area contributed by atoms with Crippen LogP contribution in [-0.2, 0) is 15.5 Å². The molecule has 1 rings (SSSR count). The molecule has 1 aliphatic rings. The summed E-state index contributed by atoms with van der Waals surface area (Å²) in [5.41, 5.74) is 0. The van der Waals surface area contributed by atoms with Gasteiger partial charge in [0.1, 0.15) is 0 Å². The van der Waals surface area contributed by atoms with E-state index in [2.05, 4.69) is 12.2 Å². The van der Waals surface area contributed by atoms with Crippen molar-refractivity contribution < 1.29 is 8.95 Å². The van der Waals surface area contributed by atoms with Crippen LogP contribution in [0.25, 0.3) is 0 Å². The van der Waals surface area contributed by atoms with Gasteiger partial charge >= 0.3 is 0 Å². The molecule has 78 valence electrons. The predicted molar refractivity (Wildman–Crippen MR) is 55.3 cm³/mol. The van der Waals surface area contributed by atoms with E-state index in [-0.39, 0.29) is 0 Å². The maximum atomic E-state index is 10.8. The Morgan fingerprint density at radius 1 is 1.69 bits per heavy atom. The van der Waals surface area contributed by atoms with Gasteiger partial charge in [0.05, 0.1) is 6.61 Å². The Balaban J connectivity index is 2.09. The van der Waals surface area contributed by atoms with Crippen molar-refractivity contribution in [2.24, 2.45) is 5.92 Å². The van der Waals surface area contributed by atoms with Crippen LogP contribution in [-0.4, -0.2) is 42.0 Å². The highest BCUT2D eigenvalue weighted by molar-refractivity contribution is 7.84. The molecule has 0 aliphatic carbocycles. The fraction of sp³-hybridized carbons (Fsp3) is 1.00. The Labute approximate surface area is 82.7 Å². The largest absolute Gasteiger partial charge is 0.381 e. The quantitative estimate of drug-likeness (QED) is 0.705. The highest BCUT2D eigenvalue weighted by Gasteiger charge is 2.21. The van der Waals surface area contributed by atoms with Crippen molar-refractivity contribution in [1.29, 1.82) is 0 Å². The standard InChI is InChI=1S/C9H19NO2S/c1-8(9-3-5-12-7-9)10-4-6-13(2)11/h8-10H,3-7H2,1-2H3. The molecule has 13 heavy (non-hydrogen) atoms. The molecule has 4 heteroatoms. The monoisotopic (exact) mass is 205 g/mol. The van der Waals surface area contributed by atoms with Crippen LogP contribution >= 0.6 is 0 Å². The van der Waals surface area contributed by atoms with Gasteiger partial charge in [-0.1, -0.05) is 0 Å². The minimum Gasteiger partial charge on any atom is -0.381 e. The molecule has 0 aromatic carbocycles. The molecule has 1 fully saturated rings. The van der Waals surface area contributed by atoms with E-state index < -0.39 is 10.8 Å². The first kappa shape index (κ1) is 11.1. The van der Waals surface area contributed by atoms with Crippen LogP contribution in [0.3, 0.4) is 0 Å². The first-order valence-electron chi connectivity index (χ1n) is 4.81. The van der Waals surface area contributed by atoms with Crippen molar-refractivity contribution in [3.63, 3.8) is 0 Å². The minimum absolute atomic E-state index is 0.492. The second-order valence-electron chi connectivity index (χ2n) is 3.64. The predicted octanol–water partition coefficient (Wildman–Crippen LogP) is 0.379.